The Kier molecular flexibility index (Phi) is 4.04. The molecule has 3 rings (SSSR count). The molecule has 0 saturated carbocycles. The van der Waals surface area contributed by atoms with E-state index in [0.717, 1.165) is 22.6 Å². The number of fused-ring (bicyclic) bond motifs is 1. The van der Waals surface area contributed by atoms with Crippen LogP contribution in [0.2, 0.25) is 0 Å². The average Bonchev–Trinajstić information content (AvgIpc) is 3.01. The van der Waals surface area contributed by atoms with Crippen LogP contribution in [0, 0.1) is 11.3 Å². The normalized spacial score (nSPS) is 13.7. The minimum absolute atomic E-state index is 0.00868. The van der Waals surface area contributed by atoms with E-state index in [1.165, 1.54) is 0 Å². The highest BCUT2D eigenvalue weighted by Crippen LogP contribution is 2.35. The maximum Gasteiger partial charge on any atom is 0.231 e. The minimum atomic E-state index is 0.00868. The molecule has 21 heavy (non-hydrogen) atoms. The second kappa shape index (κ2) is 6.29. The summed E-state index contributed by atoms with van der Waals surface area (Å²) in [5.74, 6) is 1.58. The Morgan fingerprint density at radius 1 is 1.10 bits per heavy atom. The van der Waals surface area contributed by atoms with Crippen molar-refractivity contribution < 1.29 is 9.47 Å². The second-order valence-electron chi connectivity index (χ2n) is 4.86. The van der Waals surface area contributed by atoms with Crippen molar-refractivity contribution in [2.75, 3.05) is 6.79 Å². The van der Waals surface area contributed by atoms with E-state index < -0.39 is 0 Å². The van der Waals surface area contributed by atoms with Crippen molar-refractivity contribution >= 4 is 0 Å². The fourth-order valence-corrected chi connectivity index (χ4v) is 2.45. The van der Waals surface area contributed by atoms with Crippen LogP contribution in [0.3, 0.4) is 0 Å². The monoisotopic (exact) mass is 280 g/mol. The molecule has 4 nitrogen and oxygen atoms in total. The van der Waals surface area contributed by atoms with Crippen LogP contribution in [0.5, 0.6) is 11.5 Å². The molecule has 0 amide bonds. The number of nitriles is 1. The van der Waals surface area contributed by atoms with Gasteiger partial charge in [-0.2, -0.15) is 5.26 Å². The standard InChI is InChI=1S/C17H16N2O2/c18-10-9-15(13-5-2-1-3-6-13)19-11-14-7-4-8-16-17(14)21-12-20-16/h1-8,15,19H,9,11-12H2. The van der Waals surface area contributed by atoms with E-state index in [1.54, 1.807) is 0 Å². The van der Waals surface area contributed by atoms with Crippen molar-refractivity contribution in [2.45, 2.75) is 19.0 Å². The molecule has 0 bridgehead atoms. The van der Waals surface area contributed by atoms with Gasteiger partial charge in [0.1, 0.15) is 0 Å². The van der Waals surface area contributed by atoms with E-state index >= 15 is 0 Å². The van der Waals surface area contributed by atoms with Crippen LogP contribution in [0.4, 0.5) is 0 Å². The van der Waals surface area contributed by atoms with Crippen molar-refractivity contribution in [3.8, 4) is 17.6 Å². The van der Waals surface area contributed by atoms with E-state index in [0.29, 0.717) is 13.0 Å². The van der Waals surface area contributed by atoms with Crippen LogP contribution in [-0.4, -0.2) is 6.79 Å². The first-order valence-electron chi connectivity index (χ1n) is 6.91. The lowest BCUT2D eigenvalue weighted by Crippen LogP contribution is -2.20. The Morgan fingerprint density at radius 2 is 1.95 bits per heavy atom. The summed E-state index contributed by atoms with van der Waals surface area (Å²) < 4.78 is 10.9. The van der Waals surface area contributed by atoms with Gasteiger partial charge in [0, 0.05) is 18.2 Å². The van der Waals surface area contributed by atoms with E-state index in [1.807, 2.05) is 48.5 Å². The summed E-state index contributed by atoms with van der Waals surface area (Å²) in [6, 6.07) is 18.1. The molecule has 2 aromatic rings. The highest BCUT2D eigenvalue weighted by molar-refractivity contribution is 5.48. The number of hydrogen-bond acceptors (Lipinski definition) is 4. The zero-order valence-corrected chi connectivity index (χ0v) is 11.6. The number of para-hydroxylation sites is 1. The SMILES string of the molecule is N#CCC(NCc1cccc2c1OCO2)c1ccccc1. The van der Waals surface area contributed by atoms with Crippen LogP contribution in [0.25, 0.3) is 0 Å². The van der Waals surface area contributed by atoms with Gasteiger partial charge in [0.15, 0.2) is 11.5 Å². The molecule has 0 radical (unpaired) electrons. The van der Waals surface area contributed by atoms with Gasteiger partial charge in [0.25, 0.3) is 0 Å². The van der Waals surface area contributed by atoms with Gasteiger partial charge in [-0.1, -0.05) is 42.5 Å². The van der Waals surface area contributed by atoms with Gasteiger partial charge >= 0.3 is 0 Å². The molecule has 0 spiro atoms. The number of nitrogens with zero attached hydrogens (tertiary/aromatic N) is 1. The van der Waals surface area contributed by atoms with Crippen molar-refractivity contribution in [1.29, 1.82) is 5.26 Å². The van der Waals surface area contributed by atoms with Gasteiger partial charge in [-0.3, -0.25) is 0 Å². The van der Waals surface area contributed by atoms with Crippen molar-refractivity contribution in [3.05, 3.63) is 59.7 Å². The molecule has 2 aromatic carbocycles. The molecule has 1 aliphatic heterocycles. The molecule has 0 aliphatic carbocycles. The van der Waals surface area contributed by atoms with Gasteiger partial charge < -0.3 is 14.8 Å². The molecule has 1 N–H and O–H groups in total. The smallest absolute Gasteiger partial charge is 0.231 e. The maximum absolute atomic E-state index is 9.02. The highest BCUT2D eigenvalue weighted by Gasteiger charge is 2.18. The summed E-state index contributed by atoms with van der Waals surface area (Å²) >= 11 is 0. The summed E-state index contributed by atoms with van der Waals surface area (Å²) in [6.07, 6.45) is 0.427. The van der Waals surface area contributed by atoms with Crippen molar-refractivity contribution in [1.82, 2.24) is 5.32 Å². The zero-order valence-electron chi connectivity index (χ0n) is 11.6. The molecule has 1 unspecified atom stereocenters. The molecule has 1 atom stereocenters. The van der Waals surface area contributed by atoms with Crippen molar-refractivity contribution in [2.24, 2.45) is 0 Å². The van der Waals surface area contributed by atoms with Crippen LogP contribution in [-0.2, 0) is 6.54 Å². The number of hydrogen-bond donors (Lipinski definition) is 1. The lowest BCUT2D eigenvalue weighted by atomic mass is 10.0. The van der Waals surface area contributed by atoms with Crippen LogP contribution in [0.15, 0.2) is 48.5 Å². The van der Waals surface area contributed by atoms with Gasteiger partial charge in [0.05, 0.1) is 12.5 Å². The first-order valence-corrected chi connectivity index (χ1v) is 6.91. The Bertz CT molecular complexity index is 650. The predicted molar refractivity (Wildman–Crippen MR) is 78.8 cm³/mol. The average molecular weight is 280 g/mol. The van der Waals surface area contributed by atoms with E-state index in [9.17, 15) is 0 Å². The second-order valence-corrected chi connectivity index (χ2v) is 4.86. The number of nitrogens with one attached hydrogen (secondary N) is 1. The topological polar surface area (TPSA) is 54.3 Å². The van der Waals surface area contributed by atoms with E-state index in [4.69, 9.17) is 14.7 Å². The predicted octanol–water partition coefficient (Wildman–Crippen LogP) is 3.16. The first kappa shape index (κ1) is 13.5. The Morgan fingerprint density at radius 3 is 2.76 bits per heavy atom. The fourth-order valence-electron chi connectivity index (χ4n) is 2.45. The third kappa shape index (κ3) is 2.99. The largest absolute Gasteiger partial charge is 0.454 e. The quantitative estimate of drug-likeness (QED) is 0.914. The number of benzene rings is 2. The third-order valence-corrected chi connectivity index (χ3v) is 3.51. The third-order valence-electron chi connectivity index (χ3n) is 3.51. The van der Waals surface area contributed by atoms with Gasteiger partial charge in [0.2, 0.25) is 6.79 Å². The highest BCUT2D eigenvalue weighted by atomic mass is 16.7. The molecular formula is C17H16N2O2. The Labute approximate surface area is 123 Å². The summed E-state index contributed by atoms with van der Waals surface area (Å²) in [4.78, 5) is 0. The molecule has 106 valence electrons. The first-order chi connectivity index (χ1) is 10.4. The molecular weight excluding hydrogens is 264 g/mol. The van der Waals surface area contributed by atoms with Gasteiger partial charge in [-0.05, 0) is 11.6 Å². The van der Waals surface area contributed by atoms with E-state index in [-0.39, 0.29) is 12.8 Å². The molecule has 4 heteroatoms. The summed E-state index contributed by atoms with van der Waals surface area (Å²) in [6.45, 7) is 0.903. The molecule has 1 aliphatic rings. The Balaban J connectivity index is 1.74. The minimum Gasteiger partial charge on any atom is -0.454 e. The van der Waals surface area contributed by atoms with Crippen LogP contribution >= 0.6 is 0 Å². The molecule has 1 heterocycles. The lowest BCUT2D eigenvalue weighted by molar-refractivity contribution is 0.173. The number of ether oxygens (including phenoxy) is 2. The molecule has 0 aromatic heterocycles. The summed E-state index contributed by atoms with van der Waals surface area (Å²) in [5, 5.41) is 12.4. The maximum atomic E-state index is 9.02. The summed E-state index contributed by atoms with van der Waals surface area (Å²) in [7, 11) is 0. The van der Waals surface area contributed by atoms with Gasteiger partial charge in [-0.25, -0.2) is 0 Å². The molecule has 0 saturated heterocycles. The van der Waals surface area contributed by atoms with Gasteiger partial charge in [-0.15, -0.1) is 0 Å². The zero-order chi connectivity index (χ0) is 14.5. The summed E-state index contributed by atoms with van der Waals surface area (Å²) in [5.41, 5.74) is 2.16. The fraction of sp³-hybridized carbons (Fsp3) is 0.235. The van der Waals surface area contributed by atoms with Crippen LogP contribution in [0.1, 0.15) is 23.6 Å². The van der Waals surface area contributed by atoms with Crippen molar-refractivity contribution in [3.63, 3.8) is 0 Å². The lowest BCUT2D eigenvalue weighted by Gasteiger charge is -2.17. The number of rotatable bonds is 5. The Hall–Kier alpha value is -2.51. The van der Waals surface area contributed by atoms with E-state index in [2.05, 4.69) is 11.4 Å². The van der Waals surface area contributed by atoms with Crippen LogP contribution < -0.4 is 14.8 Å². The molecule has 0 fully saturated rings.